The van der Waals surface area contributed by atoms with Crippen LogP contribution in [0, 0.1) is 5.41 Å². The molecule has 6 heteroatoms. The lowest BCUT2D eigenvalue weighted by Gasteiger charge is -2.56. The number of likely N-dealkylation sites (tertiary alicyclic amines) is 1. The van der Waals surface area contributed by atoms with Crippen molar-refractivity contribution in [3.05, 3.63) is 11.5 Å². The molecule has 2 aliphatic heterocycles. The van der Waals surface area contributed by atoms with Crippen LogP contribution in [0.2, 0.25) is 0 Å². The number of rotatable bonds is 1. The maximum absolute atomic E-state index is 12.0. The molecule has 2 heterocycles. The Morgan fingerprint density at radius 2 is 1.62 bits per heavy atom. The van der Waals surface area contributed by atoms with Crippen LogP contribution in [0.25, 0.3) is 0 Å². The number of amides is 1. The highest BCUT2D eigenvalue weighted by molar-refractivity contribution is 6.51. The van der Waals surface area contributed by atoms with Crippen LogP contribution in [-0.4, -0.2) is 48.0 Å². The van der Waals surface area contributed by atoms with Gasteiger partial charge in [0.2, 0.25) is 0 Å². The predicted molar refractivity (Wildman–Crippen MR) is 93.6 cm³/mol. The molecule has 3 aliphatic rings. The zero-order valence-electron chi connectivity index (χ0n) is 16.1. The Morgan fingerprint density at radius 3 is 2.08 bits per heavy atom. The molecule has 24 heavy (non-hydrogen) atoms. The lowest BCUT2D eigenvalue weighted by molar-refractivity contribution is -0.0503. The van der Waals surface area contributed by atoms with E-state index in [-0.39, 0.29) is 29.8 Å². The lowest BCUT2D eigenvalue weighted by atomic mass is 9.59. The summed E-state index contributed by atoms with van der Waals surface area (Å²) in [6, 6.07) is 0. The average molecular weight is 335 g/mol. The molecule has 0 atom stereocenters. The number of allylic oxidation sites excluding steroid dienone is 1. The second-order valence-electron chi connectivity index (χ2n) is 9.64. The molecule has 0 aromatic rings. The molecular weight excluding hydrogens is 305 g/mol. The predicted octanol–water partition coefficient (Wildman–Crippen LogP) is 3.58. The Balaban J connectivity index is 1.48. The van der Waals surface area contributed by atoms with E-state index < -0.39 is 5.60 Å². The highest BCUT2D eigenvalue weighted by Gasteiger charge is 2.54. The van der Waals surface area contributed by atoms with Gasteiger partial charge in [-0.1, -0.05) is 11.5 Å². The third-order valence-electron chi connectivity index (χ3n) is 5.55. The smallest absolute Gasteiger partial charge is 0.444 e. The largest absolute Gasteiger partial charge is 0.487 e. The van der Waals surface area contributed by atoms with Crippen LogP contribution in [-0.2, 0) is 14.0 Å². The number of carbonyl (C=O) groups is 1. The van der Waals surface area contributed by atoms with E-state index in [1.165, 1.54) is 5.57 Å². The van der Waals surface area contributed by atoms with E-state index in [0.29, 0.717) is 0 Å². The van der Waals surface area contributed by atoms with Crippen LogP contribution in [0.1, 0.15) is 61.3 Å². The van der Waals surface area contributed by atoms with Crippen molar-refractivity contribution >= 4 is 13.2 Å². The monoisotopic (exact) mass is 335 g/mol. The van der Waals surface area contributed by atoms with Crippen LogP contribution in [0.4, 0.5) is 4.79 Å². The van der Waals surface area contributed by atoms with Crippen molar-refractivity contribution in [1.29, 1.82) is 0 Å². The van der Waals surface area contributed by atoms with Gasteiger partial charge in [-0.25, -0.2) is 4.79 Å². The molecular formula is C18H30BNO4. The number of nitrogens with zero attached hydrogens (tertiary/aromatic N) is 1. The molecule has 2 saturated heterocycles. The quantitative estimate of drug-likeness (QED) is 0.687. The van der Waals surface area contributed by atoms with Gasteiger partial charge in [0.05, 0.1) is 11.2 Å². The fraction of sp³-hybridized carbons (Fsp3) is 0.833. The molecule has 5 nitrogen and oxygen atoms in total. The van der Waals surface area contributed by atoms with E-state index in [1.54, 1.807) is 4.90 Å². The third kappa shape index (κ3) is 3.23. The van der Waals surface area contributed by atoms with Gasteiger partial charge in [-0.2, -0.15) is 0 Å². The van der Waals surface area contributed by atoms with E-state index in [4.69, 9.17) is 14.0 Å². The van der Waals surface area contributed by atoms with Crippen LogP contribution < -0.4 is 0 Å². The highest BCUT2D eigenvalue weighted by atomic mass is 16.7. The number of carbonyl (C=O) groups excluding carboxylic acids is 1. The van der Waals surface area contributed by atoms with Gasteiger partial charge >= 0.3 is 13.2 Å². The summed E-state index contributed by atoms with van der Waals surface area (Å²) in [6.45, 7) is 15.6. The normalized spacial score (nSPS) is 26.9. The maximum Gasteiger partial charge on any atom is 0.487 e. The summed E-state index contributed by atoms with van der Waals surface area (Å²) in [6.07, 6.45) is 1.85. The van der Waals surface area contributed by atoms with Gasteiger partial charge in [0.25, 0.3) is 0 Å². The molecule has 3 fully saturated rings. The van der Waals surface area contributed by atoms with Crippen LogP contribution in [0.5, 0.6) is 0 Å². The van der Waals surface area contributed by atoms with Crippen molar-refractivity contribution in [3.8, 4) is 0 Å². The molecule has 1 aliphatic carbocycles. The van der Waals surface area contributed by atoms with Crippen LogP contribution in [0.15, 0.2) is 11.5 Å². The summed E-state index contributed by atoms with van der Waals surface area (Å²) >= 11 is 0. The van der Waals surface area contributed by atoms with E-state index in [1.807, 2.05) is 20.8 Å². The van der Waals surface area contributed by atoms with Gasteiger partial charge in [-0.05, 0) is 61.3 Å². The first-order chi connectivity index (χ1) is 10.8. The zero-order valence-corrected chi connectivity index (χ0v) is 16.1. The van der Waals surface area contributed by atoms with Crippen LogP contribution in [0.3, 0.4) is 0 Å². The minimum Gasteiger partial charge on any atom is -0.444 e. The average Bonchev–Trinajstić information content (AvgIpc) is 2.45. The molecule has 1 saturated carbocycles. The van der Waals surface area contributed by atoms with E-state index >= 15 is 0 Å². The van der Waals surface area contributed by atoms with E-state index in [0.717, 1.165) is 25.9 Å². The van der Waals surface area contributed by atoms with Gasteiger partial charge in [-0.3, -0.25) is 0 Å². The topological polar surface area (TPSA) is 48.0 Å². The van der Waals surface area contributed by atoms with Crippen LogP contribution >= 0.6 is 0 Å². The standard InChI is InChI=1S/C18H30BNO4/c1-15(2,3)22-14(21)20-11-18(12-20)8-13(9-18)10-19-23-16(4,5)17(6,7)24-19/h10H,8-9,11-12H2,1-7H3. The Kier molecular flexibility index (Phi) is 3.89. The third-order valence-corrected chi connectivity index (χ3v) is 5.55. The Bertz CT molecular complexity index is 544. The molecule has 134 valence electrons. The Morgan fingerprint density at radius 1 is 1.12 bits per heavy atom. The molecule has 0 radical (unpaired) electrons. The minimum absolute atomic E-state index is 0.198. The van der Waals surface area contributed by atoms with Gasteiger partial charge in [0.1, 0.15) is 5.60 Å². The summed E-state index contributed by atoms with van der Waals surface area (Å²) in [5.74, 6) is 2.12. The Labute approximate surface area is 145 Å². The Hall–Kier alpha value is -1.01. The first-order valence-corrected chi connectivity index (χ1v) is 8.84. The summed E-state index contributed by atoms with van der Waals surface area (Å²) in [7, 11) is -0.260. The maximum atomic E-state index is 12.0. The van der Waals surface area contributed by atoms with E-state index in [9.17, 15) is 4.79 Å². The molecule has 0 N–H and O–H groups in total. The first kappa shape index (κ1) is 17.8. The second kappa shape index (κ2) is 5.24. The van der Waals surface area contributed by atoms with Gasteiger partial charge in [-0.15, -0.1) is 0 Å². The van der Waals surface area contributed by atoms with Gasteiger partial charge < -0.3 is 18.9 Å². The lowest BCUT2D eigenvalue weighted by Crippen LogP contribution is -2.62. The molecule has 0 unspecified atom stereocenters. The second-order valence-corrected chi connectivity index (χ2v) is 9.64. The summed E-state index contributed by atoms with van der Waals surface area (Å²) < 4.78 is 17.5. The molecule has 0 bridgehead atoms. The first-order valence-electron chi connectivity index (χ1n) is 8.84. The SMILES string of the molecule is CC(C)(C)OC(=O)N1CC2(CC(=CB3OC(C)(C)C(C)(C)O3)C2)C1. The van der Waals surface area contributed by atoms with Crippen molar-refractivity contribution in [3.63, 3.8) is 0 Å². The summed E-state index contributed by atoms with van der Waals surface area (Å²) in [4.78, 5) is 13.8. The number of hydrogen-bond donors (Lipinski definition) is 0. The number of ether oxygens (including phenoxy) is 1. The fourth-order valence-electron chi connectivity index (χ4n) is 3.62. The van der Waals surface area contributed by atoms with Gasteiger partial charge in [0.15, 0.2) is 0 Å². The fourth-order valence-corrected chi connectivity index (χ4v) is 3.62. The molecule has 0 aromatic carbocycles. The summed E-state index contributed by atoms with van der Waals surface area (Å²) in [5.41, 5.74) is 0.617. The van der Waals surface area contributed by atoms with Gasteiger partial charge in [0, 0.05) is 18.5 Å². The van der Waals surface area contributed by atoms with Crippen molar-refractivity contribution in [2.45, 2.75) is 78.1 Å². The molecule has 1 amide bonds. The van der Waals surface area contributed by atoms with Crippen molar-refractivity contribution in [2.75, 3.05) is 13.1 Å². The minimum atomic E-state index is -0.429. The van der Waals surface area contributed by atoms with E-state index in [2.05, 4.69) is 33.7 Å². The highest BCUT2D eigenvalue weighted by Crippen LogP contribution is 2.52. The van der Waals surface area contributed by atoms with Crippen molar-refractivity contribution in [1.82, 2.24) is 4.90 Å². The van der Waals surface area contributed by atoms with Crippen molar-refractivity contribution < 1.29 is 18.8 Å². The molecule has 3 rings (SSSR count). The molecule has 1 spiro atoms. The number of hydrogen-bond acceptors (Lipinski definition) is 4. The molecule has 0 aromatic heterocycles. The zero-order chi connectivity index (χ0) is 18.0. The van der Waals surface area contributed by atoms with Crippen molar-refractivity contribution in [2.24, 2.45) is 5.41 Å². The summed E-state index contributed by atoms with van der Waals surface area (Å²) in [5, 5.41) is 0.